The zero-order valence-corrected chi connectivity index (χ0v) is 8.39. The predicted octanol–water partition coefficient (Wildman–Crippen LogP) is 0.147. The van der Waals surface area contributed by atoms with Crippen molar-refractivity contribution in [1.29, 1.82) is 0 Å². The van der Waals surface area contributed by atoms with Crippen molar-refractivity contribution in [2.75, 3.05) is 12.8 Å². The van der Waals surface area contributed by atoms with Gasteiger partial charge in [0.25, 0.3) is 0 Å². The predicted molar refractivity (Wildman–Crippen MR) is 52.6 cm³/mol. The van der Waals surface area contributed by atoms with Crippen molar-refractivity contribution in [2.24, 2.45) is 5.16 Å². The normalized spacial score (nSPS) is 11.2. The Balaban J connectivity index is 3.23. The van der Waals surface area contributed by atoms with Crippen LogP contribution in [-0.4, -0.2) is 33.9 Å². The van der Waals surface area contributed by atoms with Crippen LogP contribution >= 0.6 is 11.6 Å². The number of aliphatic carboxylic acids is 1. The van der Waals surface area contributed by atoms with E-state index in [0.717, 1.165) is 0 Å². The lowest BCUT2D eigenvalue weighted by molar-refractivity contribution is -0.129. The van der Waals surface area contributed by atoms with Gasteiger partial charge in [-0.2, -0.15) is 0 Å². The molecule has 15 heavy (non-hydrogen) atoms. The number of hydrogen-bond acceptors (Lipinski definition) is 6. The number of oxime groups is 1. The number of halogens is 1. The molecule has 0 radical (unpaired) electrons. The Morgan fingerprint density at radius 1 is 1.67 bits per heavy atom. The molecule has 7 nitrogen and oxygen atoms in total. The van der Waals surface area contributed by atoms with Gasteiger partial charge in [0.1, 0.15) is 18.0 Å². The first-order valence-electron chi connectivity index (χ1n) is 3.69. The molecule has 80 valence electrons. The molecule has 1 aromatic rings. The van der Waals surface area contributed by atoms with E-state index in [2.05, 4.69) is 20.0 Å². The lowest BCUT2D eigenvalue weighted by Gasteiger charge is -2.01. The Kier molecular flexibility index (Phi) is 3.40. The second-order valence-electron chi connectivity index (χ2n) is 2.36. The first kappa shape index (κ1) is 11.2. The van der Waals surface area contributed by atoms with Gasteiger partial charge in [0.15, 0.2) is 0 Å². The van der Waals surface area contributed by atoms with Gasteiger partial charge in [0.05, 0.1) is 0 Å². The molecule has 8 heteroatoms. The van der Waals surface area contributed by atoms with Crippen LogP contribution in [0.3, 0.4) is 0 Å². The summed E-state index contributed by atoms with van der Waals surface area (Å²) in [5.41, 5.74) is 4.89. The third kappa shape index (κ3) is 2.78. The first-order valence-corrected chi connectivity index (χ1v) is 4.07. The van der Waals surface area contributed by atoms with Crippen molar-refractivity contribution >= 4 is 29.2 Å². The van der Waals surface area contributed by atoms with Crippen molar-refractivity contribution in [3.63, 3.8) is 0 Å². The Hall–Kier alpha value is -1.89. The highest BCUT2D eigenvalue weighted by molar-refractivity contribution is 6.42. The molecule has 1 aromatic heterocycles. The highest BCUT2D eigenvalue weighted by Crippen LogP contribution is 2.09. The summed E-state index contributed by atoms with van der Waals surface area (Å²) in [4.78, 5) is 22.4. The standard InChI is InChI=1S/C7H7ClN4O3/c1-15-12-5(6(13)14)3-2-4(8)11-7(9)10-3/h2H,1H3,(H,13,14)(H2,9,10,11). The quantitative estimate of drug-likeness (QED) is 0.434. The maximum atomic E-state index is 10.8. The van der Waals surface area contributed by atoms with Gasteiger partial charge in [-0.25, -0.2) is 14.8 Å². The Morgan fingerprint density at radius 2 is 2.33 bits per heavy atom. The third-order valence-electron chi connectivity index (χ3n) is 1.34. The minimum Gasteiger partial charge on any atom is -0.476 e. The van der Waals surface area contributed by atoms with E-state index in [1.165, 1.54) is 13.2 Å². The molecule has 0 aliphatic rings. The number of rotatable bonds is 3. The molecule has 0 saturated heterocycles. The highest BCUT2D eigenvalue weighted by atomic mass is 35.5. The summed E-state index contributed by atoms with van der Waals surface area (Å²) in [6.07, 6.45) is 0. The van der Waals surface area contributed by atoms with E-state index in [0.29, 0.717) is 0 Å². The van der Waals surface area contributed by atoms with Gasteiger partial charge in [-0.3, -0.25) is 0 Å². The average Bonchev–Trinajstić information content (AvgIpc) is 2.11. The summed E-state index contributed by atoms with van der Waals surface area (Å²) < 4.78 is 0. The minimum atomic E-state index is -1.30. The molecular formula is C7H7ClN4O3. The number of hydrogen-bond donors (Lipinski definition) is 2. The molecule has 0 atom stereocenters. The maximum Gasteiger partial charge on any atom is 0.360 e. The second kappa shape index (κ2) is 4.56. The highest BCUT2D eigenvalue weighted by Gasteiger charge is 2.16. The summed E-state index contributed by atoms with van der Waals surface area (Å²) in [7, 11) is 1.22. The van der Waals surface area contributed by atoms with E-state index in [1.807, 2.05) is 0 Å². The molecular weight excluding hydrogens is 224 g/mol. The summed E-state index contributed by atoms with van der Waals surface area (Å²) >= 11 is 5.58. The number of carboxylic acid groups (broad SMARTS) is 1. The topological polar surface area (TPSA) is 111 Å². The lowest BCUT2D eigenvalue weighted by atomic mass is 10.2. The fourth-order valence-corrected chi connectivity index (χ4v) is 1.03. The van der Waals surface area contributed by atoms with E-state index < -0.39 is 11.7 Å². The number of aromatic nitrogens is 2. The van der Waals surface area contributed by atoms with Gasteiger partial charge in [-0.1, -0.05) is 16.8 Å². The maximum absolute atomic E-state index is 10.8. The van der Waals surface area contributed by atoms with E-state index in [1.54, 1.807) is 0 Å². The van der Waals surface area contributed by atoms with Crippen LogP contribution in [0.1, 0.15) is 5.69 Å². The average molecular weight is 231 g/mol. The molecule has 0 fully saturated rings. The summed E-state index contributed by atoms with van der Waals surface area (Å²) in [5, 5.41) is 12.1. The SMILES string of the molecule is CON=C(C(=O)O)c1cc(Cl)nc(N)n1. The molecule has 0 aliphatic carbocycles. The van der Waals surface area contributed by atoms with Crippen LogP contribution in [0.5, 0.6) is 0 Å². The van der Waals surface area contributed by atoms with Crippen molar-refractivity contribution in [3.05, 3.63) is 16.9 Å². The largest absolute Gasteiger partial charge is 0.476 e. The fraction of sp³-hybridized carbons (Fsp3) is 0.143. The molecule has 0 bridgehead atoms. The van der Waals surface area contributed by atoms with Gasteiger partial charge in [0, 0.05) is 6.07 Å². The van der Waals surface area contributed by atoms with Gasteiger partial charge in [0.2, 0.25) is 11.7 Å². The van der Waals surface area contributed by atoms with Crippen molar-refractivity contribution in [1.82, 2.24) is 9.97 Å². The monoisotopic (exact) mass is 230 g/mol. The summed E-state index contributed by atoms with van der Waals surface area (Å²) in [6, 6.07) is 1.23. The first-order chi connectivity index (χ1) is 7.04. The van der Waals surface area contributed by atoms with E-state index in [-0.39, 0.29) is 16.8 Å². The summed E-state index contributed by atoms with van der Waals surface area (Å²) in [6.45, 7) is 0. The molecule has 0 aromatic carbocycles. The number of anilines is 1. The van der Waals surface area contributed by atoms with Gasteiger partial charge in [-0.05, 0) is 0 Å². The Labute approximate surface area is 89.5 Å². The van der Waals surface area contributed by atoms with Crippen LogP contribution in [0.4, 0.5) is 5.95 Å². The second-order valence-corrected chi connectivity index (χ2v) is 2.75. The van der Waals surface area contributed by atoms with Gasteiger partial charge < -0.3 is 15.7 Å². The molecule has 1 heterocycles. The van der Waals surface area contributed by atoms with Gasteiger partial charge >= 0.3 is 5.97 Å². The molecule has 0 spiro atoms. The Morgan fingerprint density at radius 3 is 2.80 bits per heavy atom. The fourth-order valence-electron chi connectivity index (χ4n) is 0.843. The summed E-state index contributed by atoms with van der Waals surface area (Å²) in [5.74, 6) is -1.44. The Bertz CT molecular complexity index is 400. The van der Waals surface area contributed by atoms with Crippen LogP contribution in [0, 0.1) is 0 Å². The number of nitrogen functional groups attached to an aromatic ring is 1. The minimum absolute atomic E-state index is 0.0122. The van der Waals surface area contributed by atoms with Crippen molar-refractivity contribution in [3.8, 4) is 0 Å². The van der Waals surface area contributed by atoms with Crippen molar-refractivity contribution in [2.45, 2.75) is 0 Å². The molecule has 0 amide bonds. The molecule has 1 rings (SSSR count). The molecule has 0 aliphatic heterocycles. The van der Waals surface area contributed by atoms with E-state index >= 15 is 0 Å². The zero-order valence-electron chi connectivity index (χ0n) is 7.64. The van der Waals surface area contributed by atoms with E-state index in [4.69, 9.17) is 22.4 Å². The van der Waals surface area contributed by atoms with Crippen LogP contribution in [-0.2, 0) is 9.63 Å². The smallest absolute Gasteiger partial charge is 0.360 e. The van der Waals surface area contributed by atoms with Crippen molar-refractivity contribution < 1.29 is 14.7 Å². The molecule has 0 saturated carbocycles. The third-order valence-corrected chi connectivity index (χ3v) is 1.53. The van der Waals surface area contributed by atoms with Crippen LogP contribution in [0.2, 0.25) is 5.15 Å². The van der Waals surface area contributed by atoms with Crippen LogP contribution < -0.4 is 5.73 Å². The molecule has 3 N–H and O–H groups in total. The van der Waals surface area contributed by atoms with E-state index in [9.17, 15) is 4.79 Å². The number of carbonyl (C=O) groups is 1. The zero-order chi connectivity index (χ0) is 11.4. The van der Waals surface area contributed by atoms with Gasteiger partial charge in [-0.15, -0.1) is 0 Å². The number of nitrogens with two attached hydrogens (primary N) is 1. The number of nitrogens with zero attached hydrogens (tertiary/aromatic N) is 3. The van der Waals surface area contributed by atoms with Crippen LogP contribution in [0.15, 0.2) is 11.2 Å². The number of carboxylic acids is 1. The van der Waals surface area contributed by atoms with Crippen LogP contribution in [0.25, 0.3) is 0 Å². The molecule has 0 unspecified atom stereocenters. The lowest BCUT2D eigenvalue weighted by Crippen LogP contribution is -2.17.